The number of likely N-dealkylation sites (tertiary alicyclic amines) is 1. The summed E-state index contributed by atoms with van der Waals surface area (Å²) in [6, 6.07) is 27.2. The van der Waals surface area contributed by atoms with Crippen LogP contribution < -0.4 is 0 Å². The number of nitrogens with one attached hydrogen (secondary N) is 2. The third kappa shape index (κ3) is 6.04. The Morgan fingerprint density at radius 3 is 1.87 bits per heavy atom. The van der Waals surface area contributed by atoms with Gasteiger partial charge in [-0.05, 0) is 66.6 Å². The van der Waals surface area contributed by atoms with Gasteiger partial charge in [0, 0.05) is 12.5 Å². The van der Waals surface area contributed by atoms with Crippen molar-refractivity contribution in [3.05, 3.63) is 108 Å². The molecule has 7 nitrogen and oxygen atoms in total. The van der Waals surface area contributed by atoms with Gasteiger partial charge in [0.15, 0.2) is 0 Å². The van der Waals surface area contributed by atoms with Gasteiger partial charge in [-0.2, -0.15) is 0 Å². The van der Waals surface area contributed by atoms with Crippen LogP contribution in [0.3, 0.4) is 0 Å². The molecule has 0 radical (unpaired) electrons. The van der Waals surface area contributed by atoms with Gasteiger partial charge in [-0.3, -0.25) is 9.69 Å². The number of rotatable bonds is 10. The van der Waals surface area contributed by atoms with E-state index in [2.05, 4.69) is 94.4 Å². The molecule has 7 rings (SSSR count). The van der Waals surface area contributed by atoms with Crippen molar-refractivity contribution in [2.75, 3.05) is 19.6 Å². The lowest BCUT2D eigenvalue weighted by atomic mass is 10.0. The van der Waals surface area contributed by atoms with Gasteiger partial charge in [0.05, 0.1) is 29.8 Å². The molecule has 3 heterocycles. The lowest BCUT2D eigenvalue weighted by Crippen LogP contribution is -2.43. The van der Waals surface area contributed by atoms with E-state index in [-0.39, 0.29) is 18.0 Å². The second-order valence-electron chi connectivity index (χ2n) is 12.7. The Morgan fingerprint density at radius 1 is 0.739 bits per heavy atom. The highest BCUT2D eigenvalue weighted by Gasteiger charge is 2.38. The molecule has 236 valence electrons. The molecule has 2 atom stereocenters. The summed E-state index contributed by atoms with van der Waals surface area (Å²) < 4.78 is 0. The van der Waals surface area contributed by atoms with Gasteiger partial charge in [-0.15, -0.1) is 0 Å². The molecule has 2 N–H and O–H groups in total. The molecule has 7 heteroatoms. The van der Waals surface area contributed by atoms with Crippen LogP contribution in [0.4, 0.5) is 0 Å². The number of hydrogen-bond acceptors (Lipinski definition) is 4. The molecule has 1 saturated heterocycles. The lowest BCUT2D eigenvalue weighted by molar-refractivity contribution is -0.138. The molecule has 0 spiro atoms. The minimum atomic E-state index is -0.290. The fourth-order valence-corrected chi connectivity index (χ4v) is 7.43. The SMILES string of the molecule is CCN(CC)[C@@H](C(=O)N1CCC[C@H]1c1ncc(-c2ccc(-c3ccc(-c4cnc(C5CCCC5)[nH]4)cc3)cc2)[nH]1)c1ccccc1. The summed E-state index contributed by atoms with van der Waals surface area (Å²) in [7, 11) is 0. The maximum absolute atomic E-state index is 14.1. The Labute approximate surface area is 272 Å². The van der Waals surface area contributed by atoms with Gasteiger partial charge in [0.25, 0.3) is 0 Å². The molecule has 5 aromatic rings. The van der Waals surface area contributed by atoms with Gasteiger partial charge in [-0.1, -0.05) is 106 Å². The molecule has 1 saturated carbocycles. The van der Waals surface area contributed by atoms with Crippen LogP contribution in [-0.4, -0.2) is 55.3 Å². The molecule has 2 fully saturated rings. The van der Waals surface area contributed by atoms with Crippen LogP contribution >= 0.6 is 0 Å². The van der Waals surface area contributed by atoms with E-state index in [9.17, 15) is 4.79 Å². The largest absolute Gasteiger partial charge is 0.342 e. The topological polar surface area (TPSA) is 80.9 Å². The van der Waals surface area contributed by atoms with E-state index in [0.717, 1.165) is 72.2 Å². The summed E-state index contributed by atoms with van der Waals surface area (Å²) in [5.74, 6) is 2.74. The van der Waals surface area contributed by atoms with E-state index < -0.39 is 0 Å². The van der Waals surface area contributed by atoms with Crippen molar-refractivity contribution >= 4 is 5.91 Å². The van der Waals surface area contributed by atoms with Crippen molar-refractivity contribution < 1.29 is 4.79 Å². The van der Waals surface area contributed by atoms with Crippen molar-refractivity contribution in [2.45, 2.75) is 70.4 Å². The Hall–Kier alpha value is -4.49. The van der Waals surface area contributed by atoms with E-state index in [0.29, 0.717) is 5.92 Å². The molecule has 2 aliphatic rings. The molecule has 0 unspecified atom stereocenters. The maximum atomic E-state index is 14.1. The van der Waals surface area contributed by atoms with E-state index in [1.165, 1.54) is 36.8 Å². The number of aromatic amines is 2. The van der Waals surface area contributed by atoms with Crippen LogP contribution in [0.25, 0.3) is 33.6 Å². The number of amides is 1. The van der Waals surface area contributed by atoms with E-state index in [1.54, 1.807) is 0 Å². The van der Waals surface area contributed by atoms with Gasteiger partial charge in [0.1, 0.15) is 17.7 Å². The number of hydrogen-bond donors (Lipinski definition) is 2. The van der Waals surface area contributed by atoms with Crippen molar-refractivity contribution in [2.24, 2.45) is 0 Å². The number of benzene rings is 3. The summed E-state index contributed by atoms with van der Waals surface area (Å²) in [5, 5.41) is 0. The fraction of sp³-hybridized carbons (Fsp3) is 0.359. The zero-order chi connectivity index (χ0) is 31.5. The van der Waals surface area contributed by atoms with Crippen LogP contribution in [0.15, 0.2) is 91.3 Å². The third-order valence-corrected chi connectivity index (χ3v) is 10.0. The van der Waals surface area contributed by atoms with E-state index in [1.807, 2.05) is 35.5 Å². The Bertz CT molecular complexity index is 1730. The number of H-pyrrole nitrogens is 2. The van der Waals surface area contributed by atoms with Crippen LogP contribution in [0.1, 0.15) is 87.6 Å². The molecule has 2 aromatic heterocycles. The monoisotopic (exact) mass is 612 g/mol. The molecular formula is C39H44N6O. The van der Waals surface area contributed by atoms with E-state index in [4.69, 9.17) is 4.98 Å². The van der Waals surface area contributed by atoms with Crippen molar-refractivity contribution in [3.8, 4) is 33.6 Å². The summed E-state index contributed by atoms with van der Waals surface area (Å²) >= 11 is 0. The number of aromatic nitrogens is 4. The highest BCUT2D eigenvalue weighted by atomic mass is 16.2. The van der Waals surface area contributed by atoms with Crippen LogP contribution in [-0.2, 0) is 4.79 Å². The molecule has 1 aliphatic carbocycles. The zero-order valence-corrected chi connectivity index (χ0v) is 27.0. The smallest absolute Gasteiger partial charge is 0.245 e. The Balaban J connectivity index is 1.05. The lowest BCUT2D eigenvalue weighted by Gasteiger charge is -2.34. The quantitative estimate of drug-likeness (QED) is 0.166. The second kappa shape index (κ2) is 13.5. The first-order valence-corrected chi connectivity index (χ1v) is 17.0. The van der Waals surface area contributed by atoms with Crippen molar-refractivity contribution in [1.82, 2.24) is 29.7 Å². The predicted octanol–water partition coefficient (Wildman–Crippen LogP) is 8.54. The first-order chi connectivity index (χ1) is 22.6. The third-order valence-electron chi connectivity index (χ3n) is 10.0. The molecule has 0 bridgehead atoms. The number of carbonyl (C=O) groups excluding carboxylic acids is 1. The molecule has 1 amide bonds. The fourth-order valence-electron chi connectivity index (χ4n) is 7.43. The highest BCUT2D eigenvalue weighted by molar-refractivity contribution is 5.84. The van der Waals surface area contributed by atoms with Crippen LogP contribution in [0, 0.1) is 0 Å². The molecule has 3 aromatic carbocycles. The highest BCUT2D eigenvalue weighted by Crippen LogP contribution is 2.36. The molecule has 1 aliphatic heterocycles. The minimum Gasteiger partial charge on any atom is -0.342 e. The van der Waals surface area contributed by atoms with Gasteiger partial charge in [0.2, 0.25) is 5.91 Å². The minimum absolute atomic E-state index is 0.0510. The van der Waals surface area contributed by atoms with Gasteiger partial charge in [-0.25, -0.2) is 9.97 Å². The number of carbonyl (C=O) groups is 1. The first-order valence-electron chi connectivity index (χ1n) is 17.0. The summed E-state index contributed by atoms with van der Waals surface area (Å²) in [6.07, 6.45) is 10.9. The predicted molar refractivity (Wildman–Crippen MR) is 184 cm³/mol. The second-order valence-corrected chi connectivity index (χ2v) is 12.7. The maximum Gasteiger partial charge on any atom is 0.245 e. The summed E-state index contributed by atoms with van der Waals surface area (Å²) in [6.45, 7) is 6.63. The molecular weight excluding hydrogens is 568 g/mol. The van der Waals surface area contributed by atoms with Crippen LogP contribution in [0.5, 0.6) is 0 Å². The first kappa shape index (κ1) is 30.2. The zero-order valence-electron chi connectivity index (χ0n) is 27.0. The standard InChI is InChI=1S/C39H44N6O/c1-3-44(4-2)36(31-11-6-5-7-12-31)39(46)45-24-10-15-35(45)38-41-26-34(43-38)30-22-18-28(19-23-30)27-16-20-29(21-17-27)33-25-40-37(42-33)32-13-8-9-14-32/h5-7,11-12,16-23,25-26,32,35-36H,3-4,8-10,13-15,24H2,1-2H3,(H,40,42)(H,41,43)/t35-,36+/m0/s1. The van der Waals surface area contributed by atoms with Gasteiger partial charge >= 0.3 is 0 Å². The number of nitrogens with zero attached hydrogens (tertiary/aromatic N) is 4. The summed E-state index contributed by atoms with van der Waals surface area (Å²) in [4.78, 5) is 35.0. The van der Waals surface area contributed by atoms with E-state index >= 15 is 0 Å². The Morgan fingerprint density at radius 2 is 1.28 bits per heavy atom. The number of imidazole rings is 2. The molecule has 46 heavy (non-hydrogen) atoms. The van der Waals surface area contributed by atoms with Crippen molar-refractivity contribution in [1.29, 1.82) is 0 Å². The Kier molecular flexibility index (Phi) is 8.84. The normalized spacial score (nSPS) is 17.6. The van der Waals surface area contributed by atoms with Crippen LogP contribution in [0.2, 0.25) is 0 Å². The number of likely N-dealkylation sites (N-methyl/N-ethyl adjacent to an activating group) is 1. The average molecular weight is 613 g/mol. The summed E-state index contributed by atoms with van der Waals surface area (Å²) in [5.41, 5.74) is 7.69. The average Bonchev–Trinajstić information content (AvgIpc) is 3.94. The van der Waals surface area contributed by atoms with Crippen molar-refractivity contribution in [3.63, 3.8) is 0 Å². The van der Waals surface area contributed by atoms with Gasteiger partial charge < -0.3 is 14.9 Å².